The molecular weight excluding hydrogens is 126 g/mol. The Kier molecular flexibility index (Phi) is 1.11. The predicted octanol–water partition coefficient (Wildman–Crippen LogP) is 0.893. The second-order valence-electron chi connectivity index (χ2n) is 1.40. The van der Waals surface area contributed by atoms with Gasteiger partial charge in [-0.05, 0) is 0 Å². The van der Waals surface area contributed by atoms with E-state index in [1.807, 2.05) is 0 Å². The summed E-state index contributed by atoms with van der Waals surface area (Å²) in [6.45, 7) is 0. The average molecular weight is 129 g/mol. The van der Waals surface area contributed by atoms with E-state index in [-0.39, 0.29) is 5.69 Å². The molecule has 0 bridgehead atoms. The molecule has 1 heterocycles. The summed E-state index contributed by atoms with van der Waals surface area (Å²) in [7, 11) is 0. The van der Waals surface area contributed by atoms with Crippen LogP contribution >= 0.6 is 0 Å². The highest BCUT2D eigenvalue weighted by molar-refractivity contribution is 5.28. The van der Waals surface area contributed by atoms with Gasteiger partial charge in [0.2, 0.25) is 0 Å². The van der Waals surface area contributed by atoms with Gasteiger partial charge in [0.1, 0.15) is 6.07 Å². The van der Waals surface area contributed by atoms with E-state index >= 15 is 0 Å². The normalized spacial score (nSPS) is 9.33. The lowest BCUT2D eigenvalue weighted by Crippen LogP contribution is -1.82. The van der Waals surface area contributed by atoms with Gasteiger partial charge < -0.3 is 9.52 Å². The summed E-state index contributed by atoms with van der Waals surface area (Å²) in [4.78, 5) is 9.20. The van der Waals surface area contributed by atoms with E-state index in [1.54, 1.807) is 0 Å². The van der Waals surface area contributed by atoms with Crippen molar-refractivity contribution >= 4 is 5.69 Å². The Hall–Kier alpha value is -1.52. The van der Waals surface area contributed by atoms with Crippen LogP contribution in [0.15, 0.2) is 16.7 Å². The van der Waals surface area contributed by atoms with Crippen LogP contribution in [-0.2, 0) is 0 Å². The Bertz CT molecular complexity index is 228. The molecule has 1 aromatic heterocycles. The molecule has 0 atom stereocenters. The second-order valence-corrected chi connectivity index (χ2v) is 1.40. The number of aromatic hydroxyl groups is 1. The number of nitrogens with zero attached hydrogens (tertiary/aromatic N) is 1. The van der Waals surface area contributed by atoms with Crippen molar-refractivity contribution in [3.8, 4) is 5.95 Å². The summed E-state index contributed by atoms with van der Waals surface area (Å²) in [5.74, 6) is -0.443. The van der Waals surface area contributed by atoms with Gasteiger partial charge in [0.25, 0.3) is 5.95 Å². The zero-order chi connectivity index (χ0) is 6.85. The Morgan fingerprint density at radius 3 is 2.67 bits per heavy atom. The van der Waals surface area contributed by atoms with Crippen LogP contribution in [0, 0.1) is 10.1 Å². The largest absolute Gasteiger partial charge is 0.481 e. The Balaban J connectivity index is 2.98. The van der Waals surface area contributed by atoms with E-state index in [0.717, 1.165) is 12.3 Å². The molecule has 0 aliphatic rings. The van der Waals surface area contributed by atoms with Gasteiger partial charge in [-0.3, -0.25) is 10.1 Å². The maximum Gasteiger partial charge on any atom is 0.311 e. The maximum absolute atomic E-state index is 9.85. The van der Waals surface area contributed by atoms with E-state index in [4.69, 9.17) is 5.11 Å². The maximum atomic E-state index is 9.85. The lowest BCUT2D eigenvalue weighted by molar-refractivity contribution is -0.385. The van der Waals surface area contributed by atoms with E-state index < -0.39 is 10.9 Å². The molecule has 0 aliphatic carbocycles. The number of nitro groups is 1. The first-order valence-electron chi connectivity index (χ1n) is 2.12. The SMILES string of the molecule is O=[N+]([O-])c1coc(O)c1. The van der Waals surface area contributed by atoms with Gasteiger partial charge in [0.15, 0.2) is 6.26 Å². The van der Waals surface area contributed by atoms with Gasteiger partial charge in [-0.25, -0.2) is 0 Å². The van der Waals surface area contributed by atoms with Gasteiger partial charge in [-0.2, -0.15) is 0 Å². The molecule has 0 saturated heterocycles. The monoisotopic (exact) mass is 129 g/mol. The molecule has 1 N–H and O–H groups in total. The molecule has 9 heavy (non-hydrogen) atoms. The smallest absolute Gasteiger partial charge is 0.311 e. The van der Waals surface area contributed by atoms with Crippen molar-refractivity contribution in [3.63, 3.8) is 0 Å². The third-order valence-electron chi connectivity index (χ3n) is 0.783. The summed E-state index contributed by atoms with van der Waals surface area (Å²) < 4.78 is 4.24. The van der Waals surface area contributed by atoms with E-state index in [1.165, 1.54) is 0 Å². The summed E-state index contributed by atoms with van der Waals surface area (Å²) in [6.07, 6.45) is 0.870. The predicted molar refractivity (Wildman–Crippen MR) is 27.0 cm³/mol. The quantitative estimate of drug-likeness (QED) is 0.451. The Morgan fingerprint density at radius 1 is 1.78 bits per heavy atom. The van der Waals surface area contributed by atoms with Gasteiger partial charge in [0.05, 0.1) is 4.92 Å². The molecule has 1 rings (SSSR count). The molecular formula is C4H3NO4. The minimum atomic E-state index is -0.650. The summed E-state index contributed by atoms with van der Waals surface area (Å²) >= 11 is 0. The first-order chi connectivity index (χ1) is 4.20. The molecule has 0 amide bonds. The minimum Gasteiger partial charge on any atom is -0.481 e. The van der Waals surface area contributed by atoms with Gasteiger partial charge >= 0.3 is 5.69 Å². The average Bonchev–Trinajstić information content (AvgIpc) is 2.14. The van der Waals surface area contributed by atoms with Crippen LogP contribution in [0.5, 0.6) is 5.95 Å². The topological polar surface area (TPSA) is 76.5 Å². The lowest BCUT2D eigenvalue weighted by Gasteiger charge is -1.76. The van der Waals surface area contributed by atoms with E-state index in [2.05, 4.69) is 4.42 Å². The summed E-state index contributed by atoms with van der Waals surface area (Å²) in [5, 5.41) is 18.3. The Morgan fingerprint density at radius 2 is 2.44 bits per heavy atom. The van der Waals surface area contributed by atoms with Gasteiger partial charge in [0, 0.05) is 0 Å². The molecule has 48 valence electrons. The van der Waals surface area contributed by atoms with Crippen molar-refractivity contribution < 1.29 is 14.4 Å². The highest BCUT2D eigenvalue weighted by Gasteiger charge is 2.08. The van der Waals surface area contributed by atoms with Crippen LogP contribution in [0.2, 0.25) is 0 Å². The summed E-state index contributed by atoms with van der Waals surface area (Å²) in [5.41, 5.74) is -0.243. The summed E-state index contributed by atoms with van der Waals surface area (Å²) in [6, 6.07) is 0.931. The lowest BCUT2D eigenvalue weighted by atomic mass is 10.5. The van der Waals surface area contributed by atoms with Crippen LogP contribution in [0.1, 0.15) is 0 Å². The zero-order valence-electron chi connectivity index (χ0n) is 4.27. The van der Waals surface area contributed by atoms with Crippen LogP contribution in [-0.4, -0.2) is 10.0 Å². The highest BCUT2D eigenvalue weighted by atomic mass is 16.6. The first kappa shape index (κ1) is 5.61. The van der Waals surface area contributed by atoms with E-state index in [9.17, 15) is 10.1 Å². The van der Waals surface area contributed by atoms with Crippen molar-refractivity contribution in [2.75, 3.05) is 0 Å². The first-order valence-corrected chi connectivity index (χ1v) is 2.12. The van der Waals surface area contributed by atoms with Crippen molar-refractivity contribution in [3.05, 3.63) is 22.4 Å². The minimum absolute atomic E-state index is 0.243. The Labute approximate surface area is 49.7 Å². The van der Waals surface area contributed by atoms with Crippen molar-refractivity contribution in [1.82, 2.24) is 0 Å². The fourth-order valence-corrected chi connectivity index (χ4v) is 0.411. The van der Waals surface area contributed by atoms with Crippen molar-refractivity contribution in [2.45, 2.75) is 0 Å². The number of hydrogen-bond donors (Lipinski definition) is 1. The fraction of sp³-hybridized carbons (Fsp3) is 0. The van der Waals surface area contributed by atoms with Gasteiger partial charge in [-0.15, -0.1) is 0 Å². The molecule has 0 spiro atoms. The second kappa shape index (κ2) is 1.77. The van der Waals surface area contributed by atoms with Crippen molar-refractivity contribution in [1.29, 1.82) is 0 Å². The molecule has 5 heteroatoms. The highest BCUT2D eigenvalue weighted by Crippen LogP contribution is 2.19. The molecule has 1 aromatic rings. The molecule has 0 aliphatic heterocycles. The third-order valence-corrected chi connectivity index (χ3v) is 0.783. The van der Waals surface area contributed by atoms with Crippen molar-refractivity contribution in [2.24, 2.45) is 0 Å². The van der Waals surface area contributed by atoms with Crippen LogP contribution in [0.25, 0.3) is 0 Å². The fourth-order valence-electron chi connectivity index (χ4n) is 0.411. The molecule has 0 radical (unpaired) electrons. The number of furan rings is 1. The van der Waals surface area contributed by atoms with Crippen LogP contribution in [0.3, 0.4) is 0 Å². The zero-order valence-corrected chi connectivity index (χ0v) is 4.27. The van der Waals surface area contributed by atoms with E-state index in [0.29, 0.717) is 0 Å². The van der Waals surface area contributed by atoms with Crippen LogP contribution < -0.4 is 0 Å². The third kappa shape index (κ3) is 0.987. The number of rotatable bonds is 1. The van der Waals surface area contributed by atoms with Crippen LogP contribution in [0.4, 0.5) is 5.69 Å². The molecule has 0 unspecified atom stereocenters. The molecule has 0 fully saturated rings. The molecule has 0 aromatic carbocycles. The van der Waals surface area contributed by atoms with Gasteiger partial charge in [-0.1, -0.05) is 0 Å². The molecule has 5 nitrogen and oxygen atoms in total. The molecule has 0 saturated carbocycles. The standard InChI is InChI=1S/C4H3NO4/c6-4-1-3(2-9-4)5(7)8/h1-2,6H. The number of hydrogen-bond acceptors (Lipinski definition) is 4.